The molecule has 0 aromatic heterocycles. The van der Waals surface area contributed by atoms with Crippen molar-refractivity contribution in [2.24, 2.45) is 0 Å². The van der Waals surface area contributed by atoms with Crippen molar-refractivity contribution in [1.29, 1.82) is 0 Å². The highest BCUT2D eigenvalue weighted by Gasteiger charge is 2.16. The number of carbonyl (C=O) groups is 1. The van der Waals surface area contributed by atoms with E-state index in [1.807, 2.05) is 32.9 Å². The maximum atomic E-state index is 10.6. The summed E-state index contributed by atoms with van der Waals surface area (Å²) >= 11 is 0. The van der Waals surface area contributed by atoms with E-state index >= 15 is 0 Å². The molecular weight excluding hydrogens is 398 g/mol. The van der Waals surface area contributed by atoms with Crippen molar-refractivity contribution in [2.75, 3.05) is 13.2 Å². The van der Waals surface area contributed by atoms with Crippen LogP contribution in [0.2, 0.25) is 0 Å². The fraction of sp³-hybridized carbons (Fsp3) is 0.381. The van der Waals surface area contributed by atoms with Gasteiger partial charge < -0.3 is 30.8 Å². The molecule has 7 nitrogen and oxygen atoms in total. The van der Waals surface area contributed by atoms with Crippen LogP contribution in [0.25, 0.3) is 0 Å². The number of aryl methyl sites for hydroxylation is 2. The highest BCUT2D eigenvalue weighted by Crippen LogP contribution is 2.24. The van der Waals surface area contributed by atoms with Gasteiger partial charge >= 0.3 is 5.97 Å². The Morgan fingerprint density at radius 1 is 1.14 bits per heavy atom. The molecule has 6 N–H and O–H groups in total. The van der Waals surface area contributed by atoms with E-state index in [2.05, 4.69) is 5.32 Å². The van der Waals surface area contributed by atoms with E-state index in [1.54, 1.807) is 24.3 Å². The predicted octanol–water partition coefficient (Wildman–Crippen LogP) is 2.32. The molecule has 0 saturated carbocycles. The van der Waals surface area contributed by atoms with Gasteiger partial charge in [0.05, 0.1) is 6.10 Å². The Bertz CT molecular complexity index is 781. The van der Waals surface area contributed by atoms with Crippen molar-refractivity contribution in [1.82, 2.24) is 5.32 Å². The second kappa shape index (κ2) is 12.3. The smallest absolute Gasteiger partial charge is 0.341 e. The molecular formula is C21H30ClNO6. The van der Waals surface area contributed by atoms with Crippen molar-refractivity contribution < 1.29 is 30.3 Å². The van der Waals surface area contributed by atoms with Crippen LogP contribution < -0.4 is 10.1 Å². The van der Waals surface area contributed by atoms with Crippen LogP contribution in [0.5, 0.6) is 11.5 Å². The van der Waals surface area contributed by atoms with Gasteiger partial charge in [-0.25, -0.2) is 4.79 Å². The molecule has 2 aromatic rings. The number of aromatic hydroxyl groups is 1. The molecule has 0 spiro atoms. The lowest BCUT2D eigenvalue weighted by Gasteiger charge is -2.21. The zero-order chi connectivity index (χ0) is 20.0. The molecule has 0 bridgehead atoms. The largest absolute Gasteiger partial charge is 0.508 e. The SMILES string of the molecule is Cc1cc(OCC(=O)O)c(C)cc1CCN[C@@H](C)[C@@H](O)c1ccc(O)cc1.Cl.O. The number of phenols is 1. The standard InChI is InChI=1S/C21H27NO5.ClH.H2O/c1-13-11-19(27-12-20(24)25)14(2)10-17(13)8-9-22-15(3)21(26)16-4-6-18(23)7-5-16;;/h4-7,10-11,15,21-23,26H,8-9,12H2,1-3H3,(H,24,25);1H;1H2/t15-,21+;;/m0../s1. The van der Waals surface area contributed by atoms with E-state index in [1.165, 1.54) is 0 Å². The fourth-order valence-corrected chi connectivity index (χ4v) is 2.92. The summed E-state index contributed by atoms with van der Waals surface area (Å²) in [6.07, 6.45) is 0.110. The highest BCUT2D eigenvalue weighted by molar-refractivity contribution is 5.85. The van der Waals surface area contributed by atoms with Crippen molar-refractivity contribution in [3.8, 4) is 11.5 Å². The minimum atomic E-state index is -0.999. The summed E-state index contributed by atoms with van der Waals surface area (Å²) in [6.45, 7) is 6.11. The minimum Gasteiger partial charge on any atom is -0.508 e. The van der Waals surface area contributed by atoms with Crippen LogP contribution in [-0.2, 0) is 11.2 Å². The summed E-state index contributed by atoms with van der Waals surface area (Å²) in [6, 6.07) is 10.3. The molecule has 8 heteroatoms. The molecule has 2 atom stereocenters. The highest BCUT2D eigenvalue weighted by atomic mass is 35.5. The first-order valence-electron chi connectivity index (χ1n) is 8.93. The number of hydrogen-bond donors (Lipinski definition) is 4. The Morgan fingerprint density at radius 3 is 2.34 bits per heavy atom. The molecule has 0 aliphatic rings. The van der Waals surface area contributed by atoms with Crippen molar-refractivity contribution in [3.05, 3.63) is 58.7 Å². The molecule has 0 unspecified atom stereocenters. The van der Waals surface area contributed by atoms with Crippen molar-refractivity contribution in [3.63, 3.8) is 0 Å². The zero-order valence-corrected chi connectivity index (χ0v) is 17.6. The van der Waals surface area contributed by atoms with E-state index in [9.17, 15) is 15.0 Å². The number of benzene rings is 2. The molecule has 0 radical (unpaired) electrons. The summed E-state index contributed by atoms with van der Waals surface area (Å²) in [5.41, 5.74) is 3.83. The van der Waals surface area contributed by atoms with Gasteiger partial charge in [0.2, 0.25) is 0 Å². The lowest BCUT2D eigenvalue weighted by Crippen LogP contribution is -2.33. The first-order valence-corrected chi connectivity index (χ1v) is 8.93. The van der Waals surface area contributed by atoms with Crippen LogP contribution in [-0.4, -0.2) is 46.0 Å². The minimum absolute atomic E-state index is 0. The van der Waals surface area contributed by atoms with Gasteiger partial charge in [-0.15, -0.1) is 12.4 Å². The number of hydrogen-bond acceptors (Lipinski definition) is 5. The van der Waals surface area contributed by atoms with Gasteiger partial charge in [-0.3, -0.25) is 0 Å². The van der Waals surface area contributed by atoms with Crippen LogP contribution in [0, 0.1) is 13.8 Å². The number of carboxylic acids is 1. The lowest BCUT2D eigenvalue weighted by molar-refractivity contribution is -0.139. The summed E-state index contributed by atoms with van der Waals surface area (Å²) in [5.74, 6) is -0.238. The normalized spacial score (nSPS) is 12.3. The van der Waals surface area contributed by atoms with Gasteiger partial charge in [0.15, 0.2) is 6.61 Å². The maximum Gasteiger partial charge on any atom is 0.341 e. The first kappa shape index (κ1) is 26.7. The third-order valence-corrected chi connectivity index (χ3v) is 4.55. The third kappa shape index (κ3) is 7.91. The Hall–Kier alpha value is -2.32. The number of carboxylic acid groups (broad SMARTS) is 1. The molecule has 0 aliphatic carbocycles. The van der Waals surface area contributed by atoms with Crippen LogP contribution >= 0.6 is 12.4 Å². The van der Waals surface area contributed by atoms with E-state index in [0.717, 1.165) is 28.7 Å². The lowest BCUT2D eigenvalue weighted by atomic mass is 10.0. The molecule has 162 valence electrons. The Morgan fingerprint density at radius 2 is 1.76 bits per heavy atom. The van der Waals surface area contributed by atoms with Gasteiger partial charge in [-0.05, 0) is 74.2 Å². The number of phenolic OH excluding ortho intramolecular Hbond substituents is 1. The summed E-state index contributed by atoms with van der Waals surface area (Å²) in [5, 5.41) is 31.8. The van der Waals surface area contributed by atoms with E-state index in [-0.39, 0.29) is 36.3 Å². The number of ether oxygens (including phenoxy) is 1. The zero-order valence-electron chi connectivity index (χ0n) is 16.8. The quantitative estimate of drug-likeness (QED) is 0.485. The Balaban J connectivity index is 0.00000392. The molecule has 0 heterocycles. The number of rotatable bonds is 9. The molecule has 0 amide bonds. The number of aliphatic carboxylic acids is 1. The van der Waals surface area contributed by atoms with Crippen molar-refractivity contribution >= 4 is 18.4 Å². The number of halogens is 1. The van der Waals surface area contributed by atoms with Gasteiger partial charge in [-0.2, -0.15) is 0 Å². The molecule has 29 heavy (non-hydrogen) atoms. The average molecular weight is 428 g/mol. The van der Waals surface area contributed by atoms with Crippen LogP contribution in [0.15, 0.2) is 36.4 Å². The number of nitrogens with one attached hydrogen (secondary N) is 1. The van der Waals surface area contributed by atoms with Crippen LogP contribution in [0.1, 0.15) is 35.3 Å². The van der Waals surface area contributed by atoms with E-state index < -0.39 is 12.1 Å². The summed E-state index contributed by atoms with van der Waals surface area (Å²) < 4.78 is 5.30. The molecule has 2 rings (SSSR count). The Labute approximate surface area is 177 Å². The van der Waals surface area contributed by atoms with Crippen LogP contribution in [0.3, 0.4) is 0 Å². The molecule has 0 fully saturated rings. The molecule has 0 aliphatic heterocycles. The van der Waals surface area contributed by atoms with E-state index in [4.69, 9.17) is 9.84 Å². The van der Waals surface area contributed by atoms with Gasteiger partial charge in [0.25, 0.3) is 0 Å². The topological polar surface area (TPSA) is 131 Å². The van der Waals surface area contributed by atoms with Gasteiger partial charge in [0, 0.05) is 6.04 Å². The number of aliphatic hydroxyl groups excluding tert-OH is 1. The summed E-state index contributed by atoms with van der Waals surface area (Å²) in [7, 11) is 0. The predicted molar refractivity (Wildman–Crippen MR) is 114 cm³/mol. The van der Waals surface area contributed by atoms with Gasteiger partial charge in [-0.1, -0.05) is 18.2 Å². The fourth-order valence-electron chi connectivity index (χ4n) is 2.92. The maximum absolute atomic E-state index is 10.6. The van der Waals surface area contributed by atoms with E-state index in [0.29, 0.717) is 12.3 Å². The monoisotopic (exact) mass is 427 g/mol. The Kier molecular flexibility index (Phi) is 11.3. The first-order chi connectivity index (χ1) is 12.8. The summed E-state index contributed by atoms with van der Waals surface area (Å²) in [4.78, 5) is 10.6. The second-order valence-electron chi connectivity index (χ2n) is 6.76. The molecule has 2 aromatic carbocycles. The van der Waals surface area contributed by atoms with Crippen LogP contribution in [0.4, 0.5) is 0 Å². The third-order valence-electron chi connectivity index (χ3n) is 4.55. The average Bonchev–Trinajstić information content (AvgIpc) is 2.62. The number of aliphatic hydroxyl groups is 1. The second-order valence-corrected chi connectivity index (χ2v) is 6.76. The molecule has 0 saturated heterocycles. The van der Waals surface area contributed by atoms with Gasteiger partial charge in [0.1, 0.15) is 11.5 Å². The van der Waals surface area contributed by atoms with Crippen molar-refractivity contribution in [2.45, 2.75) is 39.3 Å².